The van der Waals surface area contributed by atoms with Crippen LogP contribution >= 0.6 is 0 Å². The van der Waals surface area contributed by atoms with Gasteiger partial charge in [-0.1, -0.05) is 18.2 Å². The summed E-state index contributed by atoms with van der Waals surface area (Å²) in [6, 6.07) is 12.5. The highest BCUT2D eigenvalue weighted by Gasteiger charge is 2.14. The first-order chi connectivity index (χ1) is 10.4. The van der Waals surface area contributed by atoms with E-state index in [1.807, 2.05) is 18.2 Å². The summed E-state index contributed by atoms with van der Waals surface area (Å²) in [6.07, 6.45) is 2.38. The van der Waals surface area contributed by atoms with E-state index in [0.29, 0.717) is 6.79 Å². The normalized spacial score (nSPS) is 15.2. The van der Waals surface area contributed by atoms with Gasteiger partial charge in [0.05, 0.1) is 0 Å². The number of ether oxygens (including phenoxy) is 2. The maximum atomic E-state index is 5.41. The van der Waals surface area contributed by atoms with E-state index in [-0.39, 0.29) is 0 Å². The minimum Gasteiger partial charge on any atom is -0.454 e. The van der Waals surface area contributed by atoms with Gasteiger partial charge in [0.2, 0.25) is 6.79 Å². The lowest BCUT2D eigenvalue weighted by Crippen LogP contribution is -2.14. The van der Waals surface area contributed by atoms with Gasteiger partial charge in [-0.25, -0.2) is 0 Å². The van der Waals surface area contributed by atoms with E-state index in [1.165, 1.54) is 29.7 Å². The fourth-order valence-electron chi connectivity index (χ4n) is 2.93. The number of hydrogen-bond acceptors (Lipinski definition) is 4. The Balaban J connectivity index is 1.52. The third kappa shape index (κ3) is 2.37. The van der Waals surface area contributed by atoms with Crippen molar-refractivity contribution in [2.24, 2.45) is 0 Å². The summed E-state index contributed by atoms with van der Waals surface area (Å²) in [7, 11) is 0. The number of hydrogen-bond donors (Lipinski definition) is 2. The number of nitrogens with one attached hydrogen (secondary N) is 2. The first-order valence-electron chi connectivity index (χ1n) is 7.38. The summed E-state index contributed by atoms with van der Waals surface area (Å²) in [6.45, 7) is 2.18. The third-order valence-corrected chi connectivity index (χ3v) is 4.02. The molecule has 0 saturated heterocycles. The Morgan fingerprint density at radius 2 is 2.05 bits per heavy atom. The minimum absolute atomic E-state index is 0.314. The maximum Gasteiger partial charge on any atom is 0.231 e. The molecule has 4 heteroatoms. The third-order valence-electron chi connectivity index (χ3n) is 4.02. The fraction of sp³-hybridized carbons (Fsp3) is 0.294. The van der Waals surface area contributed by atoms with E-state index in [9.17, 15) is 0 Å². The Morgan fingerprint density at radius 1 is 1.10 bits per heavy atom. The zero-order valence-corrected chi connectivity index (χ0v) is 11.8. The molecule has 21 heavy (non-hydrogen) atoms. The smallest absolute Gasteiger partial charge is 0.231 e. The molecule has 0 amide bonds. The predicted molar refractivity (Wildman–Crippen MR) is 83.1 cm³/mol. The summed E-state index contributed by atoms with van der Waals surface area (Å²) < 4.78 is 10.7. The average molecular weight is 282 g/mol. The van der Waals surface area contributed by atoms with E-state index in [0.717, 1.165) is 30.3 Å². The quantitative estimate of drug-likeness (QED) is 0.905. The molecule has 0 spiro atoms. The van der Waals surface area contributed by atoms with Gasteiger partial charge in [-0.15, -0.1) is 0 Å². The van der Waals surface area contributed by atoms with Crippen LogP contribution in [-0.2, 0) is 13.0 Å². The minimum atomic E-state index is 0.314. The number of rotatable bonds is 3. The molecule has 0 bridgehead atoms. The largest absolute Gasteiger partial charge is 0.454 e. The van der Waals surface area contributed by atoms with Crippen molar-refractivity contribution in [3.8, 4) is 11.5 Å². The summed E-state index contributed by atoms with van der Waals surface area (Å²) in [5.74, 6) is 1.63. The van der Waals surface area contributed by atoms with Crippen LogP contribution in [-0.4, -0.2) is 13.3 Å². The van der Waals surface area contributed by atoms with E-state index in [1.54, 1.807) is 0 Å². The van der Waals surface area contributed by atoms with E-state index >= 15 is 0 Å². The van der Waals surface area contributed by atoms with Crippen molar-refractivity contribution in [3.05, 3.63) is 47.5 Å². The number of anilines is 2. The van der Waals surface area contributed by atoms with Gasteiger partial charge in [-0.05, 0) is 36.1 Å². The molecule has 2 aromatic rings. The molecule has 2 N–H and O–H groups in total. The molecule has 0 saturated carbocycles. The van der Waals surface area contributed by atoms with Crippen molar-refractivity contribution in [3.63, 3.8) is 0 Å². The van der Waals surface area contributed by atoms with Crippen LogP contribution in [0.1, 0.15) is 17.5 Å². The van der Waals surface area contributed by atoms with E-state index in [2.05, 4.69) is 28.8 Å². The van der Waals surface area contributed by atoms with Crippen molar-refractivity contribution >= 4 is 11.4 Å². The average Bonchev–Trinajstić information content (AvgIpc) is 3.00. The van der Waals surface area contributed by atoms with Gasteiger partial charge < -0.3 is 20.1 Å². The second-order valence-electron chi connectivity index (χ2n) is 5.40. The van der Waals surface area contributed by atoms with Crippen LogP contribution in [0.2, 0.25) is 0 Å². The molecule has 0 aliphatic carbocycles. The second-order valence-corrected chi connectivity index (χ2v) is 5.40. The van der Waals surface area contributed by atoms with Crippen LogP contribution in [0.25, 0.3) is 0 Å². The number of para-hydroxylation sites is 1. The standard InChI is InChI=1S/C17H18N2O2/c1-3-12-5-2-8-18-17(12)13(4-1)10-19-14-6-7-15-16(9-14)21-11-20-15/h1,3-4,6-7,9,18-19H,2,5,8,10-11H2. The van der Waals surface area contributed by atoms with Crippen LogP contribution in [0.4, 0.5) is 11.4 Å². The molecule has 0 unspecified atom stereocenters. The van der Waals surface area contributed by atoms with Crippen molar-refractivity contribution in [1.82, 2.24) is 0 Å². The van der Waals surface area contributed by atoms with Crippen LogP contribution in [0, 0.1) is 0 Å². The zero-order valence-electron chi connectivity index (χ0n) is 11.8. The Kier molecular flexibility index (Phi) is 3.07. The van der Waals surface area contributed by atoms with E-state index in [4.69, 9.17) is 9.47 Å². The molecule has 2 heterocycles. The van der Waals surface area contributed by atoms with Crippen molar-refractivity contribution in [2.75, 3.05) is 24.0 Å². The second kappa shape index (κ2) is 5.20. The topological polar surface area (TPSA) is 42.5 Å². The molecular weight excluding hydrogens is 264 g/mol. The van der Waals surface area contributed by atoms with Crippen molar-refractivity contribution < 1.29 is 9.47 Å². The van der Waals surface area contributed by atoms with Gasteiger partial charge in [-0.3, -0.25) is 0 Å². The predicted octanol–water partition coefficient (Wildman–Crippen LogP) is 3.39. The van der Waals surface area contributed by atoms with Crippen molar-refractivity contribution in [2.45, 2.75) is 19.4 Å². The highest BCUT2D eigenvalue weighted by atomic mass is 16.7. The molecule has 2 aliphatic heterocycles. The summed E-state index contributed by atoms with van der Waals surface area (Å²) in [5, 5.41) is 6.99. The Hall–Kier alpha value is -2.36. The van der Waals surface area contributed by atoms with E-state index < -0.39 is 0 Å². The zero-order chi connectivity index (χ0) is 14.1. The van der Waals surface area contributed by atoms with Gasteiger partial charge in [0.1, 0.15) is 0 Å². The van der Waals surface area contributed by atoms with Crippen LogP contribution in [0.15, 0.2) is 36.4 Å². The number of benzene rings is 2. The first kappa shape index (κ1) is 12.4. The Morgan fingerprint density at radius 3 is 3.05 bits per heavy atom. The van der Waals surface area contributed by atoms with Crippen molar-refractivity contribution in [1.29, 1.82) is 0 Å². The molecule has 0 radical (unpaired) electrons. The maximum absolute atomic E-state index is 5.41. The first-order valence-corrected chi connectivity index (χ1v) is 7.38. The fourth-order valence-corrected chi connectivity index (χ4v) is 2.93. The lowest BCUT2D eigenvalue weighted by molar-refractivity contribution is 0.174. The van der Waals surface area contributed by atoms with Gasteiger partial charge in [-0.2, -0.15) is 0 Å². The molecule has 108 valence electrons. The molecule has 0 atom stereocenters. The SMILES string of the molecule is c1cc2c(c(CNc3ccc4c(c3)OCO4)c1)NCCC2. The lowest BCUT2D eigenvalue weighted by atomic mass is 9.99. The summed E-state index contributed by atoms with van der Waals surface area (Å²) >= 11 is 0. The van der Waals surface area contributed by atoms with Gasteiger partial charge in [0, 0.05) is 30.5 Å². The molecule has 4 rings (SSSR count). The summed E-state index contributed by atoms with van der Waals surface area (Å²) in [5.41, 5.74) is 5.08. The lowest BCUT2D eigenvalue weighted by Gasteiger charge is -2.21. The monoisotopic (exact) mass is 282 g/mol. The molecule has 4 nitrogen and oxygen atoms in total. The number of aryl methyl sites for hydroxylation is 1. The Bertz CT molecular complexity index is 670. The van der Waals surface area contributed by atoms with Gasteiger partial charge in [0.15, 0.2) is 11.5 Å². The molecule has 0 fully saturated rings. The van der Waals surface area contributed by atoms with Crippen LogP contribution in [0.3, 0.4) is 0 Å². The highest BCUT2D eigenvalue weighted by Crippen LogP contribution is 2.34. The van der Waals surface area contributed by atoms with Gasteiger partial charge in [0.25, 0.3) is 0 Å². The highest BCUT2D eigenvalue weighted by molar-refractivity contribution is 5.61. The molecular formula is C17H18N2O2. The number of fused-ring (bicyclic) bond motifs is 2. The van der Waals surface area contributed by atoms with Crippen LogP contribution < -0.4 is 20.1 Å². The summed E-state index contributed by atoms with van der Waals surface area (Å²) in [4.78, 5) is 0. The molecule has 2 aliphatic rings. The van der Waals surface area contributed by atoms with Crippen LogP contribution in [0.5, 0.6) is 11.5 Å². The van der Waals surface area contributed by atoms with Gasteiger partial charge >= 0.3 is 0 Å². The molecule has 0 aromatic heterocycles. The molecule has 2 aromatic carbocycles. The Labute approximate surface area is 124 Å².